The third-order valence-corrected chi connectivity index (χ3v) is 3.84. The second-order valence-corrected chi connectivity index (χ2v) is 5.36. The molecule has 1 amide bonds. The number of amides is 1. The van der Waals surface area contributed by atoms with Gasteiger partial charge < -0.3 is 4.90 Å². The van der Waals surface area contributed by atoms with Crippen LogP contribution in [0.3, 0.4) is 0 Å². The lowest BCUT2D eigenvalue weighted by Gasteiger charge is -2.19. The van der Waals surface area contributed by atoms with E-state index >= 15 is 0 Å². The van der Waals surface area contributed by atoms with E-state index in [9.17, 15) is 4.79 Å². The van der Waals surface area contributed by atoms with Gasteiger partial charge in [-0.1, -0.05) is 28.3 Å². The summed E-state index contributed by atoms with van der Waals surface area (Å²) in [5, 5.41) is 4.55. The summed E-state index contributed by atoms with van der Waals surface area (Å²) in [6, 6.07) is 3.44. The average molecular weight is 299 g/mol. The van der Waals surface area contributed by atoms with Gasteiger partial charge in [-0.25, -0.2) is 0 Å². The van der Waals surface area contributed by atoms with Crippen molar-refractivity contribution in [2.45, 2.75) is 13.3 Å². The van der Waals surface area contributed by atoms with Crippen LogP contribution in [0, 0.1) is 12.8 Å². The van der Waals surface area contributed by atoms with Crippen LogP contribution in [0.2, 0.25) is 10.0 Å². The van der Waals surface area contributed by atoms with Crippen LogP contribution in [0.25, 0.3) is 10.4 Å². The minimum Gasteiger partial charge on any atom is -0.311 e. The summed E-state index contributed by atoms with van der Waals surface area (Å²) in [5.74, 6) is 0.0252. The molecule has 1 atom stereocenters. The molecule has 1 aromatic rings. The monoisotopic (exact) mass is 298 g/mol. The first kappa shape index (κ1) is 14.0. The number of azide groups is 1. The van der Waals surface area contributed by atoms with Crippen molar-refractivity contribution in [3.63, 3.8) is 0 Å². The Morgan fingerprint density at radius 1 is 1.47 bits per heavy atom. The lowest BCUT2D eigenvalue weighted by Crippen LogP contribution is -2.25. The van der Waals surface area contributed by atoms with Crippen LogP contribution in [-0.4, -0.2) is 19.0 Å². The molecule has 1 aliphatic rings. The first-order chi connectivity index (χ1) is 9.02. The van der Waals surface area contributed by atoms with Gasteiger partial charge in [-0.05, 0) is 36.1 Å². The van der Waals surface area contributed by atoms with Crippen molar-refractivity contribution in [2.75, 3.05) is 18.0 Å². The van der Waals surface area contributed by atoms with Crippen molar-refractivity contribution in [2.24, 2.45) is 11.0 Å². The summed E-state index contributed by atoms with van der Waals surface area (Å²) in [6.45, 7) is 2.70. The molecule has 7 heteroatoms. The van der Waals surface area contributed by atoms with E-state index in [-0.39, 0.29) is 11.8 Å². The van der Waals surface area contributed by atoms with Crippen molar-refractivity contribution >= 4 is 34.8 Å². The van der Waals surface area contributed by atoms with Crippen LogP contribution < -0.4 is 4.90 Å². The Kier molecular flexibility index (Phi) is 4.20. The molecular weight excluding hydrogens is 287 g/mol. The number of rotatable bonds is 3. The van der Waals surface area contributed by atoms with E-state index in [1.54, 1.807) is 17.0 Å². The van der Waals surface area contributed by atoms with Crippen molar-refractivity contribution in [3.05, 3.63) is 38.2 Å². The standard InChI is InChI=1S/C12H12Cl2N4O/c1-7-2-11(10(14)4-9(7)13)18-6-8(3-12(18)19)5-16-17-15/h2,4,8H,3,5-6H2,1H3. The maximum atomic E-state index is 12.0. The van der Waals surface area contributed by atoms with Gasteiger partial charge in [0.05, 0.1) is 10.7 Å². The maximum Gasteiger partial charge on any atom is 0.227 e. The van der Waals surface area contributed by atoms with Crippen molar-refractivity contribution in [1.82, 2.24) is 0 Å². The van der Waals surface area contributed by atoms with Crippen LogP contribution in [0.5, 0.6) is 0 Å². The molecule has 0 aromatic heterocycles. The Balaban J connectivity index is 2.25. The van der Waals surface area contributed by atoms with Gasteiger partial charge in [-0.15, -0.1) is 0 Å². The SMILES string of the molecule is Cc1cc(N2CC(CN=[N+]=[N-])CC2=O)c(Cl)cc1Cl. The minimum absolute atomic E-state index is 0.0123. The number of aryl methyl sites for hydroxylation is 1. The second-order valence-electron chi connectivity index (χ2n) is 4.54. The highest BCUT2D eigenvalue weighted by atomic mass is 35.5. The quantitative estimate of drug-likeness (QED) is 0.473. The largest absolute Gasteiger partial charge is 0.311 e. The first-order valence-electron chi connectivity index (χ1n) is 5.79. The number of carbonyl (C=O) groups is 1. The Morgan fingerprint density at radius 3 is 2.89 bits per heavy atom. The Bertz CT molecular complexity index is 569. The zero-order chi connectivity index (χ0) is 14.0. The van der Waals surface area contributed by atoms with Crippen LogP contribution in [-0.2, 0) is 4.79 Å². The molecule has 1 saturated heterocycles. The van der Waals surface area contributed by atoms with Gasteiger partial charge >= 0.3 is 0 Å². The Labute approximate surface area is 120 Å². The molecule has 1 heterocycles. The highest BCUT2D eigenvalue weighted by Crippen LogP contribution is 2.35. The van der Waals surface area contributed by atoms with Gasteiger partial charge in [-0.2, -0.15) is 0 Å². The van der Waals surface area contributed by atoms with Gasteiger partial charge in [0.1, 0.15) is 0 Å². The normalized spacial score (nSPS) is 18.6. The zero-order valence-corrected chi connectivity index (χ0v) is 11.8. The smallest absolute Gasteiger partial charge is 0.227 e. The number of nitrogens with zero attached hydrogens (tertiary/aromatic N) is 4. The van der Waals surface area contributed by atoms with E-state index in [0.717, 1.165) is 5.56 Å². The van der Waals surface area contributed by atoms with E-state index in [4.69, 9.17) is 28.7 Å². The van der Waals surface area contributed by atoms with E-state index in [2.05, 4.69) is 10.0 Å². The third-order valence-electron chi connectivity index (χ3n) is 3.13. The number of hydrogen-bond donors (Lipinski definition) is 0. The molecule has 0 saturated carbocycles. The number of hydrogen-bond acceptors (Lipinski definition) is 2. The number of carbonyl (C=O) groups excluding carboxylic acids is 1. The lowest BCUT2D eigenvalue weighted by atomic mass is 10.1. The summed E-state index contributed by atoms with van der Waals surface area (Å²) >= 11 is 12.1. The lowest BCUT2D eigenvalue weighted by molar-refractivity contribution is -0.117. The third kappa shape index (κ3) is 2.95. The average Bonchev–Trinajstić information content (AvgIpc) is 2.72. The molecule has 19 heavy (non-hydrogen) atoms. The van der Waals surface area contributed by atoms with E-state index in [0.29, 0.717) is 35.2 Å². The van der Waals surface area contributed by atoms with Gasteiger partial charge in [0.25, 0.3) is 0 Å². The highest BCUT2D eigenvalue weighted by Gasteiger charge is 2.31. The maximum absolute atomic E-state index is 12.0. The van der Waals surface area contributed by atoms with E-state index in [1.807, 2.05) is 6.92 Å². The molecule has 100 valence electrons. The first-order valence-corrected chi connectivity index (χ1v) is 6.55. The fourth-order valence-corrected chi connectivity index (χ4v) is 2.62. The molecular formula is C12H12Cl2N4O. The Morgan fingerprint density at radius 2 is 2.21 bits per heavy atom. The predicted molar refractivity (Wildman–Crippen MR) is 75.7 cm³/mol. The van der Waals surface area contributed by atoms with Crippen LogP contribution in [0.1, 0.15) is 12.0 Å². The number of anilines is 1. The predicted octanol–water partition coefficient (Wildman–Crippen LogP) is 3.97. The van der Waals surface area contributed by atoms with Crippen LogP contribution in [0.4, 0.5) is 5.69 Å². The molecule has 2 rings (SSSR count). The van der Waals surface area contributed by atoms with Gasteiger partial charge in [0.2, 0.25) is 5.91 Å². The molecule has 0 aliphatic carbocycles. The summed E-state index contributed by atoms with van der Waals surface area (Å²) in [6.07, 6.45) is 0.372. The van der Waals surface area contributed by atoms with Crippen molar-refractivity contribution in [3.8, 4) is 0 Å². The molecule has 0 bridgehead atoms. The van der Waals surface area contributed by atoms with E-state index in [1.165, 1.54) is 0 Å². The fourth-order valence-electron chi connectivity index (χ4n) is 2.14. The molecule has 1 fully saturated rings. The zero-order valence-electron chi connectivity index (χ0n) is 10.3. The molecule has 1 aromatic carbocycles. The molecule has 5 nitrogen and oxygen atoms in total. The van der Waals surface area contributed by atoms with E-state index < -0.39 is 0 Å². The summed E-state index contributed by atoms with van der Waals surface area (Å²) in [5.41, 5.74) is 9.84. The van der Waals surface area contributed by atoms with Crippen LogP contribution in [0.15, 0.2) is 17.2 Å². The summed E-state index contributed by atoms with van der Waals surface area (Å²) < 4.78 is 0. The molecule has 0 N–H and O–H groups in total. The molecule has 1 aliphatic heterocycles. The molecule has 1 unspecified atom stereocenters. The topological polar surface area (TPSA) is 69.1 Å². The molecule has 0 spiro atoms. The second kappa shape index (κ2) is 5.70. The molecule has 0 radical (unpaired) electrons. The minimum atomic E-state index is -0.0123. The summed E-state index contributed by atoms with van der Waals surface area (Å²) in [4.78, 5) is 16.3. The Hall–Kier alpha value is -1.42. The summed E-state index contributed by atoms with van der Waals surface area (Å²) in [7, 11) is 0. The fraction of sp³-hybridized carbons (Fsp3) is 0.417. The number of benzene rings is 1. The van der Waals surface area contributed by atoms with Gasteiger partial charge in [0, 0.05) is 29.4 Å². The van der Waals surface area contributed by atoms with Gasteiger partial charge in [0.15, 0.2) is 0 Å². The van der Waals surface area contributed by atoms with Crippen molar-refractivity contribution in [1.29, 1.82) is 0 Å². The van der Waals surface area contributed by atoms with Crippen LogP contribution >= 0.6 is 23.2 Å². The van der Waals surface area contributed by atoms with Gasteiger partial charge in [-0.3, -0.25) is 4.79 Å². The number of halogens is 2. The van der Waals surface area contributed by atoms with Crippen molar-refractivity contribution < 1.29 is 4.79 Å². The highest BCUT2D eigenvalue weighted by molar-refractivity contribution is 6.37.